The summed E-state index contributed by atoms with van der Waals surface area (Å²) in [5.41, 5.74) is -1.19. The number of halogens is 3. The van der Waals surface area contributed by atoms with Crippen LogP contribution in [-0.2, 0) is 9.47 Å². The monoisotopic (exact) mass is 552 g/mol. The number of aromatic nitrogens is 3. The van der Waals surface area contributed by atoms with Crippen LogP contribution in [0.3, 0.4) is 0 Å². The molecule has 0 saturated carbocycles. The lowest BCUT2D eigenvalue weighted by Gasteiger charge is -2.21. The molecule has 3 heterocycles. The molecule has 0 bridgehead atoms. The number of alkyl halides is 3. The summed E-state index contributed by atoms with van der Waals surface area (Å²) in [5.74, 6) is 0.791. The molecular formula is C24H27F3N6O4S. The number of hydrogen-bond acceptors (Lipinski definition) is 10. The fourth-order valence-electron chi connectivity index (χ4n) is 3.71. The van der Waals surface area contributed by atoms with Gasteiger partial charge in [0.1, 0.15) is 22.2 Å². The second-order valence-electron chi connectivity index (χ2n) is 8.00. The van der Waals surface area contributed by atoms with Gasteiger partial charge in [-0.2, -0.15) is 22.9 Å². The molecule has 10 nitrogen and oxygen atoms in total. The third kappa shape index (κ3) is 5.66. The van der Waals surface area contributed by atoms with E-state index in [-0.39, 0.29) is 17.9 Å². The van der Waals surface area contributed by atoms with Crippen LogP contribution in [-0.4, -0.2) is 79.8 Å². The minimum atomic E-state index is -4.76. The normalized spacial score (nSPS) is 14.9. The topological polar surface area (TPSA) is 95.6 Å². The van der Waals surface area contributed by atoms with Gasteiger partial charge in [-0.1, -0.05) is 11.3 Å². The Balaban J connectivity index is 1.69. The number of likely N-dealkylation sites (N-methyl/N-ethyl adjacent to an activating group) is 1. The van der Waals surface area contributed by atoms with Gasteiger partial charge in [0.2, 0.25) is 5.82 Å². The van der Waals surface area contributed by atoms with E-state index >= 15 is 0 Å². The maximum Gasteiger partial charge on any atom is 0.437 e. The number of nitrogens with zero attached hydrogens (tertiary/aromatic N) is 6. The molecule has 0 N–H and O–H groups in total. The minimum absolute atomic E-state index is 0.0667. The second kappa shape index (κ2) is 11.5. The van der Waals surface area contributed by atoms with E-state index in [4.69, 9.17) is 18.9 Å². The molecule has 4 rings (SSSR count). The Labute approximate surface area is 221 Å². The van der Waals surface area contributed by atoms with Crippen molar-refractivity contribution in [3.8, 4) is 22.9 Å². The zero-order valence-electron chi connectivity index (χ0n) is 21.4. The highest BCUT2D eigenvalue weighted by Crippen LogP contribution is 2.37. The zero-order valence-corrected chi connectivity index (χ0v) is 22.3. The molecule has 0 aliphatic carbocycles. The number of aliphatic imine (C=N–C) groups is 1. The fourth-order valence-corrected chi connectivity index (χ4v) is 4.68. The largest absolute Gasteiger partial charge is 0.497 e. The van der Waals surface area contributed by atoms with Crippen molar-refractivity contribution < 1.29 is 32.1 Å². The SMILES string of the molecule is CCN(CCOC(C)OC)c1ccc(/N=C2/C(C(F)(F)F)=Nn3c2nnc3-c2cc(OC)ccc2OC)s1. The summed E-state index contributed by atoms with van der Waals surface area (Å²) in [6, 6.07) is 8.36. The summed E-state index contributed by atoms with van der Waals surface area (Å²) >= 11 is 1.25. The lowest BCUT2D eigenvalue weighted by atomic mass is 10.1. The van der Waals surface area contributed by atoms with Crippen LogP contribution >= 0.6 is 11.3 Å². The number of ether oxygens (including phenoxy) is 4. The molecule has 1 unspecified atom stereocenters. The summed E-state index contributed by atoms with van der Waals surface area (Å²) in [6.45, 7) is 5.46. The van der Waals surface area contributed by atoms with Gasteiger partial charge in [-0.25, -0.2) is 4.99 Å². The lowest BCUT2D eigenvalue weighted by molar-refractivity contribution is -0.108. The average molecular weight is 553 g/mol. The number of benzene rings is 1. The van der Waals surface area contributed by atoms with Crippen LogP contribution in [0.5, 0.6) is 11.5 Å². The average Bonchev–Trinajstić information content (AvgIpc) is 3.62. The molecule has 0 radical (unpaired) electrons. The van der Waals surface area contributed by atoms with Crippen molar-refractivity contribution >= 4 is 32.8 Å². The lowest BCUT2D eigenvalue weighted by Crippen LogP contribution is -2.29. The smallest absolute Gasteiger partial charge is 0.437 e. The molecular weight excluding hydrogens is 525 g/mol. The maximum atomic E-state index is 14.0. The Morgan fingerprint density at radius 3 is 2.50 bits per heavy atom. The fraction of sp³-hybridized carbons (Fsp3) is 0.417. The van der Waals surface area contributed by atoms with Crippen molar-refractivity contribution in [2.24, 2.45) is 10.1 Å². The molecule has 2 aromatic heterocycles. The first-order valence-electron chi connectivity index (χ1n) is 11.6. The van der Waals surface area contributed by atoms with Crippen LogP contribution in [0.15, 0.2) is 40.4 Å². The molecule has 3 aromatic rings. The highest BCUT2D eigenvalue weighted by Gasteiger charge is 2.46. The van der Waals surface area contributed by atoms with Gasteiger partial charge in [-0.3, -0.25) is 0 Å². The number of hydrogen-bond donors (Lipinski definition) is 0. The van der Waals surface area contributed by atoms with E-state index in [1.165, 1.54) is 25.6 Å². The highest BCUT2D eigenvalue weighted by atomic mass is 32.1. The van der Waals surface area contributed by atoms with Gasteiger partial charge in [-0.15, -0.1) is 10.2 Å². The van der Waals surface area contributed by atoms with E-state index < -0.39 is 17.6 Å². The van der Waals surface area contributed by atoms with Gasteiger partial charge in [0.15, 0.2) is 17.8 Å². The van der Waals surface area contributed by atoms with E-state index in [2.05, 4.69) is 20.3 Å². The van der Waals surface area contributed by atoms with Crippen molar-refractivity contribution in [3.63, 3.8) is 0 Å². The Kier molecular flexibility index (Phi) is 8.33. The van der Waals surface area contributed by atoms with Gasteiger partial charge in [-0.05, 0) is 44.2 Å². The molecule has 1 aliphatic rings. The molecule has 38 heavy (non-hydrogen) atoms. The van der Waals surface area contributed by atoms with E-state index in [0.717, 1.165) is 9.68 Å². The number of rotatable bonds is 11. The van der Waals surface area contributed by atoms with Crippen LogP contribution in [0.2, 0.25) is 0 Å². The molecule has 1 aromatic carbocycles. The first kappa shape index (κ1) is 27.5. The predicted octanol–water partition coefficient (Wildman–Crippen LogP) is 4.76. The summed E-state index contributed by atoms with van der Waals surface area (Å²) in [5, 5.41) is 13.1. The summed E-state index contributed by atoms with van der Waals surface area (Å²) in [4.78, 5) is 6.36. The highest BCUT2D eigenvalue weighted by molar-refractivity contribution is 7.19. The quantitative estimate of drug-likeness (QED) is 0.317. The van der Waals surface area contributed by atoms with Gasteiger partial charge in [0, 0.05) is 20.2 Å². The van der Waals surface area contributed by atoms with E-state index in [1.54, 1.807) is 38.3 Å². The summed E-state index contributed by atoms with van der Waals surface area (Å²) in [7, 11) is 4.49. The maximum absolute atomic E-state index is 14.0. The molecule has 204 valence electrons. The Morgan fingerprint density at radius 2 is 1.84 bits per heavy atom. The first-order chi connectivity index (χ1) is 18.2. The molecule has 1 atom stereocenters. The third-order valence-electron chi connectivity index (χ3n) is 5.73. The van der Waals surface area contributed by atoms with Gasteiger partial charge in [0.25, 0.3) is 0 Å². The van der Waals surface area contributed by atoms with Crippen LogP contribution < -0.4 is 14.4 Å². The predicted molar refractivity (Wildman–Crippen MR) is 138 cm³/mol. The molecule has 1 aliphatic heterocycles. The minimum Gasteiger partial charge on any atom is -0.497 e. The van der Waals surface area contributed by atoms with E-state index in [9.17, 15) is 13.2 Å². The standard InChI is InChI=1S/C24H27F3N6O4S/c1-6-32(11-12-37-14(2)34-3)19-10-9-18(38-19)28-20-21(24(25,26)27)31-33-22(29-30-23(20)33)16-13-15(35-4)7-8-17(16)36-5/h7-10,13-14H,6,11-12H2,1-5H3/b28-20-. The number of fused-ring (bicyclic) bond motifs is 1. The number of thiophene rings is 1. The second-order valence-corrected chi connectivity index (χ2v) is 9.04. The summed E-state index contributed by atoms with van der Waals surface area (Å²) < 4.78 is 64.4. The Hall–Kier alpha value is -3.49. The van der Waals surface area contributed by atoms with Gasteiger partial charge < -0.3 is 23.8 Å². The van der Waals surface area contributed by atoms with Crippen molar-refractivity contribution in [2.45, 2.75) is 26.3 Å². The first-order valence-corrected chi connectivity index (χ1v) is 12.4. The van der Waals surface area contributed by atoms with Crippen LogP contribution in [0, 0.1) is 0 Å². The van der Waals surface area contributed by atoms with Crippen LogP contribution in [0.25, 0.3) is 11.4 Å². The van der Waals surface area contributed by atoms with Crippen LogP contribution in [0.4, 0.5) is 23.2 Å². The Morgan fingerprint density at radius 1 is 1.08 bits per heavy atom. The third-order valence-corrected chi connectivity index (χ3v) is 6.77. The molecule has 0 spiro atoms. The summed E-state index contributed by atoms with van der Waals surface area (Å²) in [6.07, 6.45) is -5.10. The van der Waals surface area contributed by atoms with Crippen LogP contribution in [0.1, 0.15) is 19.7 Å². The number of anilines is 1. The van der Waals surface area contributed by atoms with Crippen molar-refractivity contribution in [1.29, 1.82) is 0 Å². The van der Waals surface area contributed by atoms with Crippen molar-refractivity contribution in [1.82, 2.24) is 14.9 Å². The molecule has 0 amide bonds. The van der Waals surface area contributed by atoms with Gasteiger partial charge >= 0.3 is 6.18 Å². The van der Waals surface area contributed by atoms with E-state index in [1.807, 2.05) is 17.9 Å². The molecule has 14 heteroatoms. The van der Waals surface area contributed by atoms with Crippen molar-refractivity contribution in [3.05, 3.63) is 36.2 Å². The number of methoxy groups -OCH3 is 3. The van der Waals surface area contributed by atoms with E-state index in [0.29, 0.717) is 41.8 Å². The van der Waals surface area contributed by atoms with Gasteiger partial charge in [0.05, 0.1) is 31.4 Å². The zero-order chi connectivity index (χ0) is 27.4. The Bertz CT molecular complexity index is 1340. The molecule has 0 fully saturated rings. The van der Waals surface area contributed by atoms with Crippen molar-refractivity contribution in [2.75, 3.05) is 45.9 Å². The molecule has 0 saturated heterocycles.